The number of hydrogen-bond acceptors (Lipinski definition) is 7. The Morgan fingerprint density at radius 2 is 1.43 bits per heavy atom. The highest BCUT2D eigenvalue weighted by Crippen LogP contribution is 2.27. The molecule has 1 aliphatic heterocycles. The van der Waals surface area contributed by atoms with Crippen molar-refractivity contribution in [2.24, 2.45) is 0 Å². The van der Waals surface area contributed by atoms with E-state index in [0.717, 1.165) is 35.6 Å². The SMILES string of the molecule is Cc1cc(C)cc(Nc2nc(Nc3ccc(Cl)c(Cl)c3)nc(N3CCOCC3)n2)c1. The molecule has 1 aromatic heterocycles. The number of morpholine rings is 1. The zero-order chi connectivity index (χ0) is 21.1. The molecule has 1 saturated heterocycles. The molecule has 2 aromatic carbocycles. The molecule has 2 N–H and O–H groups in total. The summed E-state index contributed by atoms with van der Waals surface area (Å²) in [5.41, 5.74) is 3.98. The van der Waals surface area contributed by atoms with Gasteiger partial charge in [-0.15, -0.1) is 0 Å². The fraction of sp³-hybridized carbons (Fsp3) is 0.286. The topological polar surface area (TPSA) is 75.2 Å². The molecule has 156 valence electrons. The summed E-state index contributed by atoms with van der Waals surface area (Å²) in [7, 11) is 0. The van der Waals surface area contributed by atoms with Crippen molar-refractivity contribution < 1.29 is 4.74 Å². The fourth-order valence-electron chi connectivity index (χ4n) is 3.26. The van der Waals surface area contributed by atoms with E-state index < -0.39 is 0 Å². The van der Waals surface area contributed by atoms with Crippen LogP contribution in [0.3, 0.4) is 0 Å². The van der Waals surface area contributed by atoms with E-state index in [-0.39, 0.29) is 0 Å². The van der Waals surface area contributed by atoms with Crippen LogP contribution in [0.2, 0.25) is 10.0 Å². The van der Waals surface area contributed by atoms with Gasteiger partial charge in [0.1, 0.15) is 0 Å². The Morgan fingerprint density at radius 1 is 0.800 bits per heavy atom. The normalized spacial score (nSPS) is 13.9. The number of hydrogen-bond donors (Lipinski definition) is 2. The first-order chi connectivity index (χ1) is 14.5. The van der Waals surface area contributed by atoms with E-state index in [1.165, 1.54) is 0 Å². The first kappa shape index (κ1) is 20.7. The van der Waals surface area contributed by atoms with E-state index in [4.69, 9.17) is 27.9 Å². The molecule has 3 aromatic rings. The molecular formula is C21H22Cl2N6O. The van der Waals surface area contributed by atoms with Crippen molar-refractivity contribution in [3.8, 4) is 0 Å². The average Bonchev–Trinajstić information content (AvgIpc) is 2.70. The highest BCUT2D eigenvalue weighted by Gasteiger charge is 2.17. The second kappa shape index (κ2) is 9.04. The second-order valence-electron chi connectivity index (χ2n) is 7.14. The first-order valence-electron chi connectivity index (χ1n) is 9.62. The van der Waals surface area contributed by atoms with Crippen molar-refractivity contribution in [3.63, 3.8) is 0 Å². The zero-order valence-corrected chi connectivity index (χ0v) is 18.3. The van der Waals surface area contributed by atoms with Crippen LogP contribution in [0.25, 0.3) is 0 Å². The zero-order valence-electron chi connectivity index (χ0n) is 16.7. The molecule has 0 aliphatic carbocycles. The quantitative estimate of drug-likeness (QED) is 0.565. The smallest absolute Gasteiger partial charge is 0.233 e. The van der Waals surface area contributed by atoms with Crippen LogP contribution in [-0.2, 0) is 4.74 Å². The van der Waals surface area contributed by atoms with Crippen molar-refractivity contribution in [3.05, 3.63) is 57.6 Å². The highest BCUT2D eigenvalue weighted by atomic mass is 35.5. The van der Waals surface area contributed by atoms with Crippen LogP contribution < -0.4 is 15.5 Å². The van der Waals surface area contributed by atoms with Crippen LogP contribution in [0, 0.1) is 13.8 Å². The number of aryl methyl sites for hydroxylation is 2. The van der Waals surface area contributed by atoms with Gasteiger partial charge in [0, 0.05) is 24.5 Å². The number of rotatable bonds is 5. The summed E-state index contributed by atoms with van der Waals surface area (Å²) in [6.07, 6.45) is 0. The highest BCUT2D eigenvalue weighted by molar-refractivity contribution is 6.42. The molecule has 0 unspecified atom stereocenters. The van der Waals surface area contributed by atoms with Crippen LogP contribution in [0.4, 0.5) is 29.2 Å². The average molecular weight is 445 g/mol. The Bertz CT molecular complexity index is 1040. The van der Waals surface area contributed by atoms with Crippen molar-refractivity contribution >= 4 is 52.4 Å². The fourth-order valence-corrected chi connectivity index (χ4v) is 3.56. The van der Waals surface area contributed by atoms with Crippen LogP contribution in [0.5, 0.6) is 0 Å². The van der Waals surface area contributed by atoms with Gasteiger partial charge in [-0.05, 0) is 55.3 Å². The molecule has 0 bridgehead atoms. The largest absolute Gasteiger partial charge is 0.378 e. The number of aromatic nitrogens is 3. The molecule has 1 aliphatic rings. The van der Waals surface area contributed by atoms with Gasteiger partial charge < -0.3 is 20.3 Å². The molecule has 30 heavy (non-hydrogen) atoms. The Kier molecular flexibility index (Phi) is 6.22. The molecule has 9 heteroatoms. The summed E-state index contributed by atoms with van der Waals surface area (Å²) < 4.78 is 5.45. The van der Waals surface area contributed by atoms with Gasteiger partial charge in [0.2, 0.25) is 17.8 Å². The van der Waals surface area contributed by atoms with Gasteiger partial charge in [-0.3, -0.25) is 0 Å². The van der Waals surface area contributed by atoms with Gasteiger partial charge in [-0.2, -0.15) is 15.0 Å². The number of benzene rings is 2. The maximum absolute atomic E-state index is 6.14. The third kappa shape index (κ3) is 5.11. The van der Waals surface area contributed by atoms with Crippen LogP contribution in [0.15, 0.2) is 36.4 Å². The van der Waals surface area contributed by atoms with E-state index in [2.05, 4.69) is 62.5 Å². The van der Waals surface area contributed by atoms with Crippen molar-refractivity contribution in [1.82, 2.24) is 15.0 Å². The van der Waals surface area contributed by atoms with Gasteiger partial charge >= 0.3 is 0 Å². The Balaban J connectivity index is 1.67. The Labute approximate surface area is 185 Å². The first-order valence-corrected chi connectivity index (χ1v) is 10.4. The minimum atomic E-state index is 0.414. The summed E-state index contributed by atoms with van der Waals surface area (Å²) in [4.78, 5) is 15.9. The lowest BCUT2D eigenvalue weighted by atomic mass is 10.1. The van der Waals surface area contributed by atoms with Crippen molar-refractivity contribution in [2.75, 3.05) is 41.8 Å². The lowest BCUT2D eigenvalue weighted by Gasteiger charge is -2.27. The molecule has 0 spiro atoms. The van der Waals surface area contributed by atoms with E-state index >= 15 is 0 Å². The lowest BCUT2D eigenvalue weighted by molar-refractivity contribution is 0.122. The predicted molar refractivity (Wildman–Crippen MR) is 122 cm³/mol. The summed E-state index contributed by atoms with van der Waals surface area (Å²) in [5, 5.41) is 7.45. The molecule has 0 atom stereocenters. The van der Waals surface area contributed by atoms with Gasteiger partial charge in [-0.1, -0.05) is 29.3 Å². The predicted octanol–water partition coefficient (Wildman–Crippen LogP) is 5.12. The molecule has 1 fully saturated rings. The van der Waals surface area contributed by atoms with E-state index in [0.29, 0.717) is 41.1 Å². The molecule has 4 rings (SSSR count). The molecule has 0 saturated carbocycles. The third-order valence-electron chi connectivity index (χ3n) is 4.57. The summed E-state index contributed by atoms with van der Waals surface area (Å²) in [6.45, 7) is 6.84. The number of ether oxygens (including phenoxy) is 1. The summed E-state index contributed by atoms with van der Waals surface area (Å²) in [5.74, 6) is 1.46. The summed E-state index contributed by atoms with van der Waals surface area (Å²) >= 11 is 12.2. The monoisotopic (exact) mass is 444 g/mol. The van der Waals surface area contributed by atoms with Gasteiger partial charge in [0.05, 0.1) is 23.3 Å². The van der Waals surface area contributed by atoms with Crippen molar-refractivity contribution in [1.29, 1.82) is 0 Å². The Hall–Kier alpha value is -2.61. The Morgan fingerprint density at radius 3 is 2.07 bits per heavy atom. The van der Waals surface area contributed by atoms with Crippen LogP contribution >= 0.6 is 23.2 Å². The summed E-state index contributed by atoms with van der Waals surface area (Å²) in [6, 6.07) is 11.5. The minimum Gasteiger partial charge on any atom is -0.378 e. The molecule has 2 heterocycles. The van der Waals surface area contributed by atoms with Gasteiger partial charge in [0.25, 0.3) is 0 Å². The molecule has 0 radical (unpaired) electrons. The van der Waals surface area contributed by atoms with Gasteiger partial charge in [0.15, 0.2) is 0 Å². The van der Waals surface area contributed by atoms with Crippen LogP contribution in [0.1, 0.15) is 11.1 Å². The minimum absolute atomic E-state index is 0.414. The molecule has 0 amide bonds. The standard InChI is InChI=1S/C21H22Cl2N6O/c1-13-9-14(2)11-16(10-13)25-20-26-19(24-15-3-4-17(22)18(23)12-15)27-21(28-20)29-5-7-30-8-6-29/h3-4,9-12H,5-8H2,1-2H3,(H2,24,25,26,27,28). The third-order valence-corrected chi connectivity index (χ3v) is 5.31. The van der Waals surface area contributed by atoms with E-state index in [1.54, 1.807) is 12.1 Å². The van der Waals surface area contributed by atoms with Gasteiger partial charge in [-0.25, -0.2) is 0 Å². The molecular weight excluding hydrogens is 423 g/mol. The maximum atomic E-state index is 6.14. The number of nitrogens with zero attached hydrogens (tertiary/aromatic N) is 4. The van der Waals surface area contributed by atoms with Crippen LogP contribution in [-0.4, -0.2) is 41.3 Å². The van der Waals surface area contributed by atoms with E-state index in [1.807, 2.05) is 6.07 Å². The lowest BCUT2D eigenvalue weighted by Crippen LogP contribution is -2.37. The number of nitrogens with one attached hydrogen (secondary N) is 2. The maximum Gasteiger partial charge on any atom is 0.233 e. The second-order valence-corrected chi connectivity index (χ2v) is 7.95. The number of halogens is 2. The van der Waals surface area contributed by atoms with E-state index in [9.17, 15) is 0 Å². The van der Waals surface area contributed by atoms with Crippen molar-refractivity contribution in [2.45, 2.75) is 13.8 Å². The number of anilines is 5. The molecule has 7 nitrogen and oxygen atoms in total.